The minimum atomic E-state index is -0.639. The second-order valence-electron chi connectivity index (χ2n) is 8.48. The van der Waals surface area contributed by atoms with Crippen LogP contribution in [-0.4, -0.2) is 24.8 Å². The lowest BCUT2D eigenvalue weighted by atomic mass is 9.80. The quantitative estimate of drug-likeness (QED) is 0.559. The minimum absolute atomic E-state index is 0.0451. The molecule has 5 rings (SSSR count). The normalized spacial score (nSPS) is 19.6. The molecule has 0 saturated carbocycles. The monoisotopic (exact) mass is 456 g/mol. The molecule has 1 aliphatic heterocycles. The van der Waals surface area contributed by atoms with Gasteiger partial charge in [-0.05, 0) is 48.4 Å². The number of amides is 1. The maximum absolute atomic E-state index is 13.7. The number of para-hydroxylation sites is 2. The summed E-state index contributed by atoms with van der Waals surface area (Å²) in [6.07, 6.45) is 2.47. The van der Waals surface area contributed by atoms with Crippen LogP contribution in [0.1, 0.15) is 53.4 Å². The number of furan rings is 1. The number of ether oxygens (including phenoxy) is 1. The van der Waals surface area contributed by atoms with Crippen LogP contribution in [0.3, 0.4) is 0 Å². The highest BCUT2D eigenvalue weighted by molar-refractivity contribution is 6.06. The van der Waals surface area contributed by atoms with Crippen LogP contribution in [-0.2, 0) is 14.3 Å². The fourth-order valence-corrected chi connectivity index (χ4v) is 4.90. The Labute approximate surface area is 197 Å². The molecule has 2 heterocycles. The molecule has 0 radical (unpaired) electrons. The molecule has 0 bridgehead atoms. The molecule has 1 N–H and O–H groups in total. The van der Waals surface area contributed by atoms with Gasteiger partial charge in [0, 0.05) is 30.5 Å². The standard InChI is InChI=1S/C27H24N2O5/c1-16(30)29-22-7-4-3-6-20(22)28-21-14-19(24-8-5-13-34-24)15-23(31)25(21)26(29)17-9-11-18(12-10-17)27(32)33-2/h3-13,19,26,28H,14-15H2,1-2H3/t19-,26+/m1/s1. The zero-order chi connectivity index (χ0) is 23.8. The fourth-order valence-electron chi connectivity index (χ4n) is 4.90. The molecule has 34 heavy (non-hydrogen) atoms. The van der Waals surface area contributed by atoms with Crippen molar-refractivity contribution in [3.05, 3.63) is 95.1 Å². The first-order valence-electron chi connectivity index (χ1n) is 11.1. The van der Waals surface area contributed by atoms with Gasteiger partial charge in [-0.15, -0.1) is 0 Å². The zero-order valence-corrected chi connectivity index (χ0v) is 18.9. The van der Waals surface area contributed by atoms with E-state index in [2.05, 4.69) is 5.32 Å². The van der Waals surface area contributed by atoms with Crippen LogP contribution in [0.5, 0.6) is 0 Å². The van der Waals surface area contributed by atoms with Crippen LogP contribution in [0.2, 0.25) is 0 Å². The van der Waals surface area contributed by atoms with Crippen molar-refractivity contribution in [3.8, 4) is 0 Å². The van der Waals surface area contributed by atoms with E-state index in [0.717, 1.165) is 22.7 Å². The summed E-state index contributed by atoms with van der Waals surface area (Å²) in [4.78, 5) is 40.3. The largest absolute Gasteiger partial charge is 0.469 e. The molecule has 1 aromatic heterocycles. The molecule has 1 amide bonds. The van der Waals surface area contributed by atoms with Crippen LogP contribution in [0.15, 0.2) is 82.6 Å². The summed E-state index contributed by atoms with van der Waals surface area (Å²) in [7, 11) is 1.33. The number of carbonyl (C=O) groups is 3. The Bertz CT molecular complexity index is 1290. The summed E-state index contributed by atoms with van der Waals surface area (Å²) >= 11 is 0. The highest BCUT2D eigenvalue weighted by Crippen LogP contribution is 2.47. The number of rotatable bonds is 3. The van der Waals surface area contributed by atoms with E-state index in [1.165, 1.54) is 14.0 Å². The predicted molar refractivity (Wildman–Crippen MR) is 126 cm³/mol. The van der Waals surface area contributed by atoms with E-state index in [0.29, 0.717) is 23.2 Å². The van der Waals surface area contributed by atoms with E-state index in [-0.39, 0.29) is 24.0 Å². The summed E-state index contributed by atoms with van der Waals surface area (Å²) in [5.74, 6) is -0.00572. The first-order chi connectivity index (χ1) is 16.5. The number of Topliss-reactive ketones (excluding diaryl/α,β-unsaturated/α-hetero) is 1. The summed E-state index contributed by atoms with van der Waals surface area (Å²) in [5.41, 5.74) is 3.91. The Kier molecular flexibility index (Phi) is 5.53. The van der Waals surface area contributed by atoms with Crippen molar-refractivity contribution >= 4 is 29.0 Å². The molecule has 0 spiro atoms. The number of ketones is 1. The number of allylic oxidation sites excluding steroid dienone is 1. The first kappa shape index (κ1) is 21.7. The van der Waals surface area contributed by atoms with Crippen molar-refractivity contribution in [3.63, 3.8) is 0 Å². The van der Waals surface area contributed by atoms with E-state index in [1.807, 2.05) is 36.4 Å². The van der Waals surface area contributed by atoms with E-state index in [4.69, 9.17) is 9.15 Å². The van der Waals surface area contributed by atoms with Gasteiger partial charge in [0.2, 0.25) is 5.91 Å². The third-order valence-corrected chi connectivity index (χ3v) is 6.42. The molecular formula is C27H24N2O5. The average molecular weight is 456 g/mol. The van der Waals surface area contributed by atoms with E-state index < -0.39 is 12.0 Å². The molecule has 2 atom stereocenters. The van der Waals surface area contributed by atoms with Crippen LogP contribution >= 0.6 is 0 Å². The van der Waals surface area contributed by atoms with Crippen LogP contribution < -0.4 is 10.2 Å². The number of methoxy groups -OCH3 is 1. The second-order valence-corrected chi connectivity index (χ2v) is 8.48. The number of anilines is 2. The van der Waals surface area contributed by atoms with Crippen LogP contribution in [0.25, 0.3) is 0 Å². The lowest BCUT2D eigenvalue weighted by molar-refractivity contribution is -0.117. The zero-order valence-electron chi connectivity index (χ0n) is 18.9. The average Bonchev–Trinajstić information content (AvgIpc) is 3.33. The van der Waals surface area contributed by atoms with Gasteiger partial charge in [0.05, 0.1) is 36.4 Å². The fraction of sp³-hybridized carbons (Fsp3) is 0.222. The van der Waals surface area contributed by atoms with Crippen molar-refractivity contribution in [2.75, 3.05) is 17.3 Å². The van der Waals surface area contributed by atoms with E-state index in [1.54, 1.807) is 35.4 Å². The Hall–Kier alpha value is -4.13. The number of hydrogen-bond acceptors (Lipinski definition) is 6. The maximum Gasteiger partial charge on any atom is 0.337 e. The second kappa shape index (κ2) is 8.67. The number of nitrogens with one attached hydrogen (secondary N) is 1. The third kappa shape index (κ3) is 3.69. The topological polar surface area (TPSA) is 88.8 Å². The Morgan fingerprint density at radius 3 is 2.47 bits per heavy atom. The summed E-state index contributed by atoms with van der Waals surface area (Å²) in [6.45, 7) is 1.50. The van der Waals surface area contributed by atoms with Gasteiger partial charge >= 0.3 is 5.97 Å². The first-order valence-corrected chi connectivity index (χ1v) is 11.1. The number of esters is 1. The highest BCUT2D eigenvalue weighted by atomic mass is 16.5. The summed E-state index contributed by atoms with van der Waals surface area (Å²) in [6, 6.07) is 17.5. The van der Waals surface area contributed by atoms with Crippen molar-refractivity contribution < 1.29 is 23.5 Å². The smallest absolute Gasteiger partial charge is 0.337 e. The molecule has 0 fully saturated rings. The van der Waals surface area contributed by atoms with Crippen LogP contribution in [0.4, 0.5) is 11.4 Å². The number of fused-ring (bicyclic) bond motifs is 1. The number of benzene rings is 2. The summed E-state index contributed by atoms with van der Waals surface area (Å²) < 4.78 is 10.4. The minimum Gasteiger partial charge on any atom is -0.469 e. The van der Waals surface area contributed by atoms with Crippen molar-refractivity contribution in [2.45, 2.75) is 31.7 Å². The highest BCUT2D eigenvalue weighted by Gasteiger charge is 2.41. The Morgan fingerprint density at radius 1 is 1.03 bits per heavy atom. The Morgan fingerprint density at radius 2 is 1.79 bits per heavy atom. The molecule has 2 aromatic carbocycles. The molecule has 2 aliphatic rings. The van der Waals surface area contributed by atoms with Gasteiger partial charge in [-0.1, -0.05) is 24.3 Å². The lowest BCUT2D eigenvalue weighted by Crippen LogP contribution is -2.37. The molecule has 7 nitrogen and oxygen atoms in total. The molecule has 7 heteroatoms. The van der Waals surface area contributed by atoms with Gasteiger partial charge in [0.25, 0.3) is 0 Å². The van der Waals surface area contributed by atoms with Gasteiger partial charge in [0.15, 0.2) is 5.78 Å². The van der Waals surface area contributed by atoms with Crippen molar-refractivity contribution in [1.29, 1.82) is 0 Å². The van der Waals surface area contributed by atoms with E-state index >= 15 is 0 Å². The van der Waals surface area contributed by atoms with Crippen molar-refractivity contribution in [2.24, 2.45) is 0 Å². The molecule has 172 valence electrons. The number of carbonyl (C=O) groups excluding carboxylic acids is 3. The van der Waals surface area contributed by atoms with Gasteiger partial charge < -0.3 is 14.5 Å². The molecule has 0 unspecified atom stereocenters. The van der Waals surface area contributed by atoms with Crippen LogP contribution in [0, 0.1) is 0 Å². The predicted octanol–water partition coefficient (Wildman–Crippen LogP) is 4.99. The number of nitrogens with zero attached hydrogens (tertiary/aromatic N) is 1. The van der Waals surface area contributed by atoms with E-state index in [9.17, 15) is 14.4 Å². The number of hydrogen-bond donors (Lipinski definition) is 1. The van der Waals surface area contributed by atoms with Gasteiger partial charge in [-0.2, -0.15) is 0 Å². The van der Waals surface area contributed by atoms with Crippen molar-refractivity contribution in [1.82, 2.24) is 0 Å². The summed E-state index contributed by atoms with van der Waals surface area (Å²) in [5, 5.41) is 3.46. The maximum atomic E-state index is 13.7. The molecule has 1 aliphatic carbocycles. The lowest BCUT2D eigenvalue weighted by Gasteiger charge is -2.34. The SMILES string of the molecule is COC(=O)c1ccc([C@H]2C3=C(C[C@@H](c4ccco4)CC3=O)Nc3ccccc3N2C(C)=O)cc1. The molecule has 0 saturated heterocycles. The van der Waals surface area contributed by atoms with Gasteiger partial charge in [0.1, 0.15) is 5.76 Å². The third-order valence-electron chi connectivity index (χ3n) is 6.42. The molecular weight excluding hydrogens is 432 g/mol. The van der Waals surface area contributed by atoms with Gasteiger partial charge in [-0.3, -0.25) is 14.5 Å². The molecule has 3 aromatic rings. The Balaban J connectivity index is 1.68. The van der Waals surface area contributed by atoms with Gasteiger partial charge in [-0.25, -0.2) is 4.79 Å².